The molecule has 2 amide bonds. The number of nitrogens with zero attached hydrogens (tertiary/aromatic N) is 2. The molecule has 0 bridgehead atoms. The van der Waals surface area contributed by atoms with Gasteiger partial charge in [-0.3, -0.25) is 19.6 Å². The van der Waals surface area contributed by atoms with E-state index in [1.165, 1.54) is 0 Å². The Morgan fingerprint density at radius 2 is 1.92 bits per heavy atom. The Kier molecular flexibility index (Phi) is 10.2. The molecule has 3 N–H and O–H groups in total. The minimum atomic E-state index is -3.83. The summed E-state index contributed by atoms with van der Waals surface area (Å²) in [6.45, 7) is -0.289. The number of methoxy groups -OCH3 is 1. The van der Waals surface area contributed by atoms with Crippen LogP contribution in [0.2, 0.25) is 0 Å². The lowest BCUT2D eigenvalue weighted by Crippen LogP contribution is -2.56. The third-order valence-corrected chi connectivity index (χ3v) is 10.7. The van der Waals surface area contributed by atoms with Crippen LogP contribution in [0.5, 0.6) is 5.75 Å². The van der Waals surface area contributed by atoms with Gasteiger partial charge in [0.1, 0.15) is 11.3 Å². The molecule has 3 aromatic rings. The molecular formula is C35H39N5O8S. The first-order valence-corrected chi connectivity index (χ1v) is 17.9. The Morgan fingerprint density at radius 1 is 1.10 bits per heavy atom. The van der Waals surface area contributed by atoms with Crippen molar-refractivity contribution in [3.8, 4) is 17.0 Å². The highest BCUT2D eigenvalue weighted by atomic mass is 32.2. The Balaban J connectivity index is 1.19. The Morgan fingerprint density at radius 3 is 2.69 bits per heavy atom. The SMILES string of the molecule is COc1ccc2c(C(=O)OCC[C@@H]3NCO/N=C/CCC/C=C\C4C[C@@]4(C(=O)NS(=O)(=O)C4CC4)NC3=O)cc(-c3ccccc3)nc2c1. The van der Waals surface area contributed by atoms with Crippen molar-refractivity contribution in [2.75, 3.05) is 20.4 Å². The van der Waals surface area contributed by atoms with Crippen LogP contribution < -0.4 is 20.1 Å². The van der Waals surface area contributed by atoms with Crippen molar-refractivity contribution >= 4 is 44.9 Å². The van der Waals surface area contributed by atoms with Crippen LogP contribution in [0.4, 0.5) is 0 Å². The zero-order chi connectivity index (χ0) is 34.4. The van der Waals surface area contributed by atoms with Crippen LogP contribution in [-0.2, 0) is 29.2 Å². The second kappa shape index (κ2) is 14.7. The molecule has 1 aliphatic heterocycles. The number of esters is 1. The maximum atomic E-state index is 13.7. The van der Waals surface area contributed by atoms with Crippen LogP contribution >= 0.6 is 0 Å². The molecule has 2 fully saturated rings. The van der Waals surface area contributed by atoms with Gasteiger partial charge >= 0.3 is 5.97 Å². The number of oxime groups is 1. The van der Waals surface area contributed by atoms with Crippen LogP contribution in [0, 0.1) is 5.92 Å². The van der Waals surface area contributed by atoms with Crippen molar-refractivity contribution in [3.05, 3.63) is 72.3 Å². The topological polar surface area (TPSA) is 174 Å². The molecule has 14 heteroatoms. The lowest BCUT2D eigenvalue weighted by Gasteiger charge is -2.23. The maximum absolute atomic E-state index is 13.7. The number of pyridine rings is 1. The number of sulfonamides is 1. The van der Waals surface area contributed by atoms with Crippen LogP contribution in [0.25, 0.3) is 22.2 Å². The maximum Gasteiger partial charge on any atom is 0.338 e. The average molecular weight is 690 g/mol. The highest BCUT2D eigenvalue weighted by molar-refractivity contribution is 7.91. The molecule has 0 radical (unpaired) electrons. The van der Waals surface area contributed by atoms with Gasteiger partial charge in [0.05, 0.1) is 41.8 Å². The van der Waals surface area contributed by atoms with Crippen molar-refractivity contribution < 1.29 is 37.1 Å². The van der Waals surface area contributed by atoms with Crippen molar-refractivity contribution in [2.45, 2.75) is 61.8 Å². The molecule has 2 saturated carbocycles. The number of hydrogen-bond donors (Lipinski definition) is 3. The summed E-state index contributed by atoms with van der Waals surface area (Å²) in [6, 6.07) is 15.4. The molecule has 6 rings (SSSR count). The number of allylic oxidation sites excluding steroid dienone is 1. The zero-order valence-corrected chi connectivity index (χ0v) is 27.9. The van der Waals surface area contributed by atoms with E-state index in [0.717, 1.165) is 12.0 Å². The number of aromatic nitrogens is 1. The van der Waals surface area contributed by atoms with Gasteiger partial charge < -0.3 is 19.6 Å². The van der Waals surface area contributed by atoms with E-state index >= 15 is 0 Å². The molecule has 13 nitrogen and oxygen atoms in total. The molecule has 258 valence electrons. The lowest BCUT2D eigenvalue weighted by molar-refractivity contribution is -0.131. The molecule has 0 spiro atoms. The molecule has 3 aliphatic rings. The third kappa shape index (κ3) is 8.08. The highest BCUT2D eigenvalue weighted by Gasteiger charge is 2.61. The third-order valence-electron chi connectivity index (χ3n) is 8.84. The molecular weight excluding hydrogens is 650 g/mol. The van der Waals surface area contributed by atoms with Crippen molar-refractivity contribution in [3.63, 3.8) is 0 Å². The number of rotatable bonds is 9. The van der Waals surface area contributed by atoms with Gasteiger partial charge in [0.15, 0.2) is 6.73 Å². The second-order valence-electron chi connectivity index (χ2n) is 12.4. The van der Waals surface area contributed by atoms with Crippen LogP contribution in [0.1, 0.15) is 55.3 Å². The van der Waals surface area contributed by atoms with E-state index in [2.05, 4.69) is 20.5 Å². The monoisotopic (exact) mass is 689 g/mol. The Hall–Kier alpha value is -4.82. The molecule has 2 aromatic carbocycles. The van der Waals surface area contributed by atoms with Crippen LogP contribution in [0.3, 0.4) is 0 Å². The number of carbonyl (C=O) groups excluding carboxylic acids is 3. The number of nitrogens with one attached hydrogen (secondary N) is 3. The molecule has 1 aromatic heterocycles. The first-order chi connectivity index (χ1) is 23.7. The zero-order valence-electron chi connectivity index (χ0n) is 27.1. The Bertz CT molecular complexity index is 1880. The summed E-state index contributed by atoms with van der Waals surface area (Å²) in [5, 5.41) is 9.68. The molecule has 2 heterocycles. The van der Waals surface area contributed by atoms with Gasteiger partial charge in [-0.15, -0.1) is 0 Å². The molecule has 3 atom stereocenters. The summed E-state index contributed by atoms with van der Waals surface area (Å²) in [4.78, 5) is 50.7. The smallest absolute Gasteiger partial charge is 0.338 e. The molecule has 1 unspecified atom stereocenters. The van der Waals surface area contributed by atoms with Crippen molar-refractivity contribution in [1.82, 2.24) is 20.3 Å². The number of hydrogen-bond acceptors (Lipinski definition) is 11. The fourth-order valence-electron chi connectivity index (χ4n) is 5.77. The van der Waals surface area contributed by atoms with E-state index in [0.29, 0.717) is 53.6 Å². The standard InChI is InChI=1S/C35H39N5O8S/c1-46-25-12-15-27-28(20-30(38-31(27)19-25)23-9-5-4-6-10-23)33(42)47-18-16-29-32(41)39-35(34(43)40-49(44,45)26-13-14-26)21-24(35)11-7-2-3-8-17-37-48-22-36-29/h4-7,9-12,15,17,19-20,24,26,29,36H,2-3,8,13-14,16,18,21-22H2,1H3,(H,39,41)(H,40,43)/b11-7-,37-17+/t24?,29-,35+/m0/s1. The predicted molar refractivity (Wildman–Crippen MR) is 182 cm³/mol. The minimum absolute atomic E-state index is 0.0195. The van der Waals surface area contributed by atoms with E-state index in [-0.39, 0.29) is 32.1 Å². The predicted octanol–water partition coefficient (Wildman–Crippen LogP) is 3.60. The van der Waals surface area contributed by atoms with Gasteiger partial charge in [0.25, 0.3) is 5.91 Å². The van der Waals surface area contributed by atoms with Gasteiger partial charge in [-0.1, -0.05) is 47.6 Å². The van der Waals surface area contributed by atoms with Gasteiger partial charge in [-0.05, 0) is 56.7 Å². The second-order valence-corrected chi connectivity index (χ2v) is 14.3. The van der Waals surface area contributed by atoms with E-state index in [4.69, 9.17) is 19.3 Å². The molecule has 0 saturated heterocycles. The van der Waals surface area contributed by atoms with Crippen LogP contribution in [-0.4, -0.2) is 74.7 Å². The fourth-order valence-corrected chi connectivity index (χ4v) is 7.14. The van der Waals surface area contributed by atoms with E-state index in [1.807, 2.05) is 42.5 Å². The number of amides is 2. The van der Waals surface area contributed by atoms with E-state index in [9.17, 15) is 22.8 Å². The summed E-state index contributed by atoms with van der Waals surface area (Å²) >= 11 is 0. The van der Waals surface area contributed by atoms with Crippen molar-refractivity contribution in [1.29, 1.82) is 0 Å². The molecule has 2 aliphatic carbocycles. The van der Waals surface area contributed by atoms with Gasteiger partial charge in [-0.25, -0.2) is 18.2 Å². The van der Waals surface area contributed by atoms with Gasteiger partial charge in [-0.2, -0.15) is 0 Å². The first-order valence-electron chi connectivity index (χ1n) is 16.3. The summed E-state index contributed by atoms with van der Waals surface area (Å²) in [5.74, 6) is -1.73. The van der Waals surface area contributed by atoms with Crippen molar-refractivity contribution in [2.24, 2.45) is 11.1 Å². The normalized spacial score (nSPS) is 24.1. The summed E-state index contributed by atoms with van der Waals surface area (Å²) in [7, 11) is -2.28. The largest absolute Gasteiger partial charge is 0.497 e. The van der Waals surface area contributed by atoms with Crippen LogP contribution in [0.15, 0.2) is 71.9 Å². The quantitative estimate of drug-likeness (QED) is 0.223. The van der Waals surface area contributed by atoms with Gasteiger partial charge in [0, 0.05) is 35.6 Å². The van der Waals surface area contributed by atoms with E-state index in [1.54, 1.807) is 37.6 Å². The number of carbonyl (C=O) groups is 3. The number of ether oxygens (including phenoxy) is 2. The minimum Gasteiger partial charge on any atom is -0.497 e. The average Bonchev–Trinajstić information content (AvgIpc) is 4.04. The summed E-state index contributed by atoms with van der Waals surface area (Å²) in [5.41, 5.74) is 0.817. The Labute approximate surface area is 284 Å². The number of benzene rings is 2. The lowest BCUT2D eigenvalue weighted by atomic mass is 10.0. The fraction of sp³-hybridized carbons (Fsp3) is 0.400. The summed E-state index contributed by atoms with van der Waals surface area (Å²) < 4.78 is 38.5. The molecule has 49 heavy (non-hydrogen) atoms. The van der Waals surface area contributed by atoms with E-state index < -0.39 is 44.6 Å². The summed E-state index contributed by atoms with van der Waals surface area (Å²) in [6.07, 6.45) is 8.86. The van der Waals surface area contributed by atoms with Gasteiger partial charge in [0.2, 0.25) is 15.9 Å². The number of fused-ring (bicyclic) bond motifs is 2. The highest BCUT2D eigenvalue weighted by Crippen LogP contribution is 2.45. The first kappa shape index (κ1) is 34.1.